The summed E-state index contributed by atoms with van der Waals surface area (Å²) in [6.45, 7) is 5.44. The van der Waals surface area contributed by atoms with Gasteiger partial charge in [0.1, 0.15) is 11.9 Å². The molecule has 7 heteroatoms. The number of nitrogens with zero attached hydrogens (tertiary/aromatic N) is 1. The molecule has 2 rings (SSSR count). The molecule has 4 nitrogen and oxygen atoms in total. The first-order valence-corrected chi connectivity index (χ1v) is 9.71. The maximum Gasteiger partial charge on any atom is 0.242 e. The van der Waals surface area contributed by atoms with Gasteiger partial charge in [-0.25, -0.2) is 4.39 Å². The fourth-order valence-corrected chi connectivity index (χ4v) is 3.24. The van der Waals surface area contributed by atoms with Gasteiger partial charge in [0.2, 0.25) is 11.8 Å². The fraction of sp³-hybridized carbons (Fsp3) is 0.333. The summed E-state index contributed by atoms with van der Waals surface area (Å²) < 4.78 is 13.1. The average molecular weight is 425 g/mol. The maximum absolute atomic E-state index is 13.1. The minimum atomic E-state index is -0.734. The van der Waals surface area contributed by atoms with Crippen molar-refractivity contribution in [3.05, 3.63) is 69.5 Å². The summed E-state index contributed by atoms with van der Waals surface area (Å²) in [5, 5.41) is 3.66. The van der Waals surface area contributed by atoms with Crippen LogP contribution in [0.5, 0.6) is 0 Å². The number of carbonyl (C=O) groups excluding carboxylic acids is 2. The fourth-order valence-electron chi connectivity index (χ4n) is 2.72. The molecule has 150 valence electrons. The van der Waals surface area contributed by atoms with Crippen molar-refractivity contribution in [3.63, 3.8) is 0 Å². The number of amides is 2. The second-order valence-electron chi connectivity index (χ2n) is 6.86. The third kappa shape index (κ3) is 5.94. The lowest BCUT2D eigenvalue weighted by molar-refractivity contribution is -0.140. The Morgan fingerprint density at radius 3 is 2.14 bits per heavy atom. The number of carbonyl (C=O) groups is 2. The smallest absolute Gasteiger partial charge is 0.242 e. The van der Waals surface area contributed by atoms with Crippen molar-refractivity contribution in [2.75, 3.05) is 0 Å². The van der Waals surface area contributed by atoms with E-state index in [1.165, 1.54) is 17.0 Å². The molecule has 0 saturated heterocycles. The molecule has 0 aliphatic heterocycles. The first kappa shape index (κ1) is 22.2. The number of hydrogen-bond acceptors (Lipinski definition) is 2. The van der Waals surface area contributed by atoms with E-state index in [0.717, 1.165) is 0 Å². The van der Waals surface area contributed by atoms with Crippen molar-refractivity contribution in [2.45, 2.75) is 45.8 Å². The van der Waals surface area contributed by atoms with Crippen molar-refractivity contribution in [3.8, 4) is 0 Å². The van der Waals surface area contributed by atoms with Crippen LogP contribution in [0, 0.1) is 5.82 Å². The highest BCUT2D eigenvalue weighted by atomic mass is 35.5. The van der Waals surface area contributed by atoms with Crippen LogP contribution in [0.15, 0.2) is 42.5 Å². The van der Waals surface area contributed by atoms with E-state index in [1.807, 2.05) is 13.8 Å². The topological polar surface area (TPSA) is 49.4 Å². The summed E-state index contributed by atoms with van der Waals surface area (Å²) in [5.74, 6) is -0.930. The standard InChI is InChI=1S/C21H23Cl2FN2O2/c1-13(2)25-21(28)14(3)26(12-17-18(22)5-4-6-19(17)23)20(27)11-15-7-9-16(24)10-8-15/h4-10,13-14H,11-12H2,1-3H3,(H,25,28). The Hall–Kier alpha value is -2.11. The molecule has 0 saturated carbocycles. The number of hydrogen-bond donors (Lipinski definition) is 1. The van der Waals surface area contributed by atoms with E-state index >= 15 is 0 Å². The molecule has 0 aromatic heterocycles. The predicted octanol–water partition coefficient (Wildman–Crippen LogP) is 4.62. The molecule has 0 heterocycles. The highest BCUT2D eigenvalue weighted by Crippen LogP contribution is 2.27. The molecular formula is C21H23Cl2FN2O2. The van der Waals surface area contributed by atoms with Crippen molar-refractivity contribution < 1.29 is 14.0 Å². The van der Waals surface area contributed by atoms with Gasteiger partial charge in [0.25, 0.3) is 0 Å². The molecule has 1 N–H and O–H groups in total. The molecule has 0 aliphatic carbocycles. The third-order valence-electron chi connectivity index (χ3n) is 4.26. The molecular weight excluding hydrogens is 402 g/mol. The van der Waals surface area contributed by atoms with Gasteiger partial charge >= 0.3 is 0 Å². The number of rotatable bonds is 7. The molecule has 0 aliphatic rings. The molecule has 0 bridgehead atoms. The number of nitrogens with one attached hydrogen (secondary N) is 1. The van der Waals surface area contributed by atoms with E-state index in [9.17, 15) is 14.0 Å². The summed E-state index contributed by atoms with van der Waals surface area (Å²) in [6.07, 6.45) is 0.0294. The Bertz CT molecular complexity index is 821. The zero-order valence-corrected chi connectivity index (χ0v) is 17.5. The Balaban J connectivity index is 2.30. The van der Waals surface area contributed by atoms with Crippen LogP contribution in [-0.4, -0.2) is 28.8 Å². The highest BCUT2D eigenvalue weighted by molar-refractivity contribution is 6.36. The van der Waals surface area contributed by atoms with E-state index in [0.29, 0.717) is 21.2 Å². The van der Waals surface area contributed by atoms with Crippen molar-refractivity contribution in [2.24, 2.45) is 0 Å². The average Bonchev–Trinajstić information content (AvgIpc) is 2.62. The van der Waals surface area contributed by atoms with Crippen LogP contribution in [0.4, 0.5) is 4.39 Å². The lowest BCUT2D eigenvalue weighted by atomic mass is 10.1. The molecule has 0 spiro atoms. The zero-order valence-electron chi connectivity index (χ0n) is 16.0. The Kier molecular flexibility index (Phi) is 7.84. The Labute approximate surface area is 174 Å². The van der Waals surface area contributed by atoms with Crippen LogP contribution < -0.4 is 5.32 Å². The monoisotopic (exact) mass is 424 g/mol. The Morgan fingerprint density at radius 2 is 1.61 bits per heavy atom. The minimum Gasteiger partial charge on any atom is -0.352 e. The SMILES string of the molecule is CC(C)NC(=O)C(C)N(Cc1c(Cl)cccc1Cl)C(=O)Cc1ccc(F)cc1. The third-order valence-corrected chi connectivity index (χ3v) is 4.97. The van der Waals surface area contributed by atoms with Crippen LogP contribution in [0.2, 0.25) is 10.0 Å². The van der Waals surface area contributed by atoms with Gasteiger partial charge in [-0.15, -0.1) is 0 Å². The molecule has 2 aromatic carbocycles. The molecule has 2 aromatic rings. The van der Waals surface area contributed by atoms with Gasteiger partial charge in [0, 0.05) is 28.2 Å². The van der Waals surface area contributed by atoms with Gasteiger partial charge in [-0.1, -0.05) is 41.4 Å². The lowest BCUT2D eigenvalue weighted by Gasteiger charge is -2.30. The van der Waals surface area contributed by atoms with Gasteiger partial charge in [-0.3, -0.25) is 9.59 Å². The summed E-state index contributed by atoms with van der Waals surface area (Å²) in [6, 6.07) is 9.98. The van der Waals surface area contributed by atoms with E-state index in [4.69, 9.17) is 23.2 Å². The van der Waals surface area contributed by atoms with E-state index in [2.05, 4.69) is 5.32 Å². The minimum absolute atomic E-state index is 0.0294. The van der Waals surface area contributed by atoms with Crippen molar-refractivity contribution in [1.29, 1.82) is 0 Å². The molecule has 0 fully saturated rings. The van der Waals surface area contributed by atoms with Crippen LogP contribution in [0.3, 0.4) is 0 Å². The van der Waals surface area contributed by atoms with E-state index < -0.39 is 6.04 Å². The van der Waals surface area contributed by atoms with Crippen LogP contribution >= 0.6 is 23.2 Å². The van der Waals surface area contributed by atoms with Crippen LogP contribution in [0.1, 0.15) is 31.9 Å². The summed E-state index contributed by atoms with van der Waals surface area (Å²) in [7, 11) is 0. The first-order valence-electron chi connectivity index (χ1n) is 8.96. The van der Waals surface area contributed by atoms with Crippen molar-refractivity contribution >= 4 is 35.0 Å². The summed E-state index contributed by atoms with van der Waals surface area (Å²) in [5.41, 5.74) is 1.22. The quantitative estimate of drug-likeness (QED) is 0.704. The molecule has 0 radical (unpaired) electrons. The van der Waals surface area contributed by atoms with Gasteiger partial charge < -0.3 is 10.2 Å². The Morgan fingerprint density at radius 1 is 1.04 bits per heavy atom. The second kappa shape index (κ2) is 9.89. The predicted molar refractivity (Wildman–Crippen MR) is 110 cm³/mol. The van der Waals surface area contributed by atoms with E-state index in [1.54, 1.807) is 37.3 Å². The number of benzene rings is 2. The highest BCUT2D eigenvalue weighted by Gasteiger charge is 2.27. The summed E-state index contributed by atoms with van der Waals surface area (Å²) >= 11 is 12.5. The van der Waals surface area contributed by atoms with E-state index in [-0.39, 0.29) is 36.6 Å². The number of halogens is 3. The van der Waals surface area contributed by atoms with Crippen molar-refractivity contribution in [1.82, 2.24) is 10.2 Å². The summed E-state index contributed by atoms with van der Waals surface area (Å²) in [4.78, 5) is 27.0. The van der Waals surface area contributed by atoms with Gasteiger partial charge in [0.05, 0.1) is 6.42 Å². The second-order valence-corrected chi connectivity index (χ2v) is 7.68. The van der Waals surface area contributed by atoms with Gasteiger partial charge in [0.15, 0.2) is 0 Å². The normalized spacial score (nSPS) is 12.0. The van der Waals surface area contributed by atoms with Gasteiger partial charge in [-0.2, -0.15) is 0 Å². The maximum atomic E-state index is 13.1. The molecule has 2 amide bonds. The molecule has 28 heavy (non-hydrogen) atoms. The zero-order chi connectivity index (χ0) is 20.8. The molecule has 1 unspecified atom stereocenters. The van der Waals surface area contributed by atoms with Crippen LogP contribution in [-0.2, 0) is 22.6 Å². The largest absolute Gasteiger partial charge is 0.352 e. The first-order chi connectivity index (χ1) is 13.2. The lowest BCUT2D eigenvalue weighted by Crippen LogP contribution is -2.49. The molecule has 1 atom stereocenters. The van der Waals surface area contributed by atoms with Crippen LogP contribution in [0.25, 0.3) is 0 Å². The van der Waals surface area contributed by atoms with Gasteiger partial charge in [-0.05, 0) is 50.6 Å².